The number of oxazole rings is 1. The first-order valence-electron chi connectivity index (χ1n) is 12.9. The van der Waals surface area contributed by atoms with Crippen LogP contribution in [0.4, 0.5) is 4.39 Å². The van der Waals surface area contributed by atoms with E-state index < -0.39 is 11.9 Å². The van der Waals surface area contributed by atoms with Crippen LogP contribution in [0.3, 0.4) is 0 Å². The van der Waals surface area contributed by atoms with Crippen LogP contribution in [-0.4, -0.2) is 51.6 Å². The SMILES string of the molecule is Cc1ncoc1COc1cc2c(cc1F)CN(C[C@@H](O)CNC(=O)c1ccnc(CC3CCC3)c1)CC2. The molecule has 2 N–H and O–H groups in total. The van der Waals surface area contributed by atoms with Gasteiger partial charge in [-0.1, -0.05) is 19.3 Å². The van der Waals surface area contributed by atoms with Crippen molar-refractivity contribution >= 4 is 5.91 Å². The third kappa shape index (κ3) is 6.34. The fourth-order valence-electron chi connectivity index (χ4n) is 4.89. The number of nitrogens with one attached hydrogen (secondary N) is 1. The van der Waals surface area contributed by atoms with E-state index in [4.69, 9.17) is 9.15 Å². The molecule has 1 amide bonds. The number of ether oxygens (including phenoxy) is 1. The van der Waals surface area contributed by atoms with E-state index in [1.54, 1.807) is 18.3 Å². The summed E-state index contributed by atoms with van der Waals surface area (Å²) in [7, 11) is 0. The minimum atomic E-state index is -0.737. The number of carbonyl (C=O) groups is 1. The molecule has 0 bridgehead atoms. The number of aryl methyl sites for hydroxylation is 1. The van der Waals surface area contributed by atoms with Gasteiger partial charge in [-0.2, -0.15) is 0 Å². The van der Waals surface area contributed by atoms with E-state index in [2.05, 4.69) is 20.2 Å². The van der Waals surface area contributed by atoms with Gasteiger partial charge >= 0.3 is 0 Å². The summed E-state index contributed by atoms with van der Waals surface area (Å²) in [4.78, 5) is 23.1. The summed E-state index contributed by atoms with van der Waals surface area (Å²) in [6, 6.07) is 6.80. The van der Waals surface area contributed by atoms with Gasteiger partial charge in [0.25, 0.3) is 5.91 Å². The Balaban J connectivity index is 1.10. The van der Waals surface area contributed by atoms with Gasteiger partial charge in [0.15, 0.2) is 23.7 Å². The summed E-state index contributed by atoms with van der Waals surface area (Å²) in [5.41, 5.74) is 4.13. The van der Waals surface area contributed by atoms with Gasteiger partial charge in [0, 0.05) is 43.6 Å². The molecule has 0 spiro atoms. The molecule has 0 unspecified atom stereocenters. The van der Waals surface area contributed by atoms with Crippen molar-refractivity contribution in [1.29, 1.82) is 0 Å². The first kappa shape index (κ1) is 25.4. The van der Waals surface area contributed by atoms with Gasteiger partial charge in [-0.3, -0.25) is 14.7 Å². The highest BCUT2D eigenvalue weighted by atomic mass is 19.1. The molecule has 1 aromatic carbocycles. The number of aliphatic hydroxyl groups is 1. The third-order valence-corrected chi connectivity index (χ3v) is 7.32. The Morgan fingerprint density at radius 2 is 2.16 bits per heavy atom. The summed E-state index contributed by atoms with van der Waals surface area (Å²) >= 11 is 0. The van der Waals surface area contributed by atoms with Gasteiger partial charge in [0.05, 0.1) is 11.8 Å². The number of hydrogen-bond donors (Lipinski definition) is 2. The molecule has 37 heavy (non-hydrogen) atoms. The number of nitrogens with zero attached hydrogens (tertiary/aromatic N) is 3. The van der Waals surface area contributed by atoms with E-state index in [9.17, 15) is 14.3 Å². The average molecular weight is 509 g/mol. The van der Waals surface area contributed by atoms with Crippen molar-refractivity contribution in [3.05, 3.63) is 76.5 Å². The van der Waals surface area contributed by atoms with E-state index in [-0.39, 0.29) is 24.8 Å². The highest BCUT2D eigenvalue weighted by Crippen LogP contribution is 2.30. The van der Waals surface area contributed by atoms with Crippen molar-refractivity contribution in [2.24, 2.45) is 5.92 Å². The molecule has 2 aromatic heterocycles. The molecule has 1 aliphatic heterocycles. The molecule has 9 heteroatoms. The molecule has 3 aromatic rings. The molecule has 8 nitrogen and oxygen atoms in total. The lowest BCUT2D eigenvalue weighted by Gasteiger charge is -2.30. The zero-order valence-electron chi connectivity index (χ0n) is 21.1. The molecule has 1 saturated carbocycles. The number of amides is 1. The van der Waals surface area contributed by atoms with E-state index >= 15 is 0 Å². The summed E-state index contributed by atoms with van der Waals surface area (Å²) in [6.07, 6.45) is 7.65. The number of hydrogen-bond acceptors (Lipinski definition) is 7. The highest BCUT2D eigenvalue weighted by molar-refractivity contribution is 5.94. The van der Waals surface area contributed by atoms with Crippen LogP contribution in [0.5, 0.6) is 5.75 Å². The molecule has 0 radical (unpaired) electrons. The van der Waals surface area contributed by atoms with E-state index in [0.29, 0.717) is 36.8 Å². The van der Waals surface area contributed by atoms with Crippen molar-refractivity contribution in [3.8, 4) is 5.75 Å². The number of fused-ring (bicyclic) bond motifs is 1. The number of aromatic nitrogens is 2. The van der Waals surface area contributed by atoms with Crippen molar-refractivity contribution < 1.29 is 23.4 Å². The Hall–Kier alpha value is -3.30. The van der Waals surface area contributed by atoms with E-state index in [0.717, 1.165) is 35.5 Å². The number of benzene rings is 1. The van der Waals surface area contributed by atoms with E-state index in [1.165, 1.54) is 31.7 Å². The second-order valence-corrected chi connectivity index (χ2v) is 10.1. The van der Waals surface area contributed by atoms with Gasteiger partial charge in [0.2, 0.25) is 0 Å². The Morgan fingerprint density at radius 1 is 1.30 bits per heavy atom. The van der Waals surface area contributed by atoms with Crippen molar-refractivity contribution in [2.75, 3.05) is 19.6 Å². The predicted octanol–water partition coefficient (Wildman–Crippen LogP) is 3.59. The Morgan fingerprint density at radius 3 is 2.92 bits per heavy atom. The standard InChI is InChI=1S/C28H33FN4O4/c1-18-27(37-17-32-18)16-36-26-12-20-6-8-33(14-22(20)11-25(26)29)15-24(34)13-31-28(35)21-5-7-30-23(10-21)9-19-3-2-4-19/h5,7,10-12,17,19,24,34H,2-4,6,8-9,13-16H2,1H3,(H,31,35)/t24-/m0/s1. The number of aliphatic hydroxyl groups excluding tert-OH is 1. The molecule has 2 aliphatic rings. The van der Waals surface area contributed by atoms with Crippen molar-refractivity contribution in [2.45, 2.75) is 58.3 Å². The minimum absolute atomic E-state index is 0.118. The quantitative estimate of drug-likeness (QED) is 0.432. The van der Waals surface area contributed by atoms with Crippen molar-refractivity contribution in [1.82, 2.24) is 20.2 Å². The Kier molecular flexibility index (Phi) is 7.81. The highest BCUT2D eigenvalue weighted by Gasteiger charge is 2.22. The number of carbonyl (C=O) groups excluding carboxylic acids is 1. The van der Waals surface area contributed by atoms with Gasteiger partial charge in [-0.25, -0.2) is 9.37 Å². The maximum Gasteiger partial charge on any atom is 0.251 e. The predicted molar refractivity (Wildman–Crippen MR) is 135 cm³/mol. The molecular formula is C28H33FN4O4. The smallest absolute Gasteiger partial charge is 0.251 e. The fourth-order valence-corrected chi connectivity index (χ4v) is 4.89. The third-order valence-electron chi connectivity index (χ3n) is 7.32. The molecule has 3 heterocycles. The zero-order chi connectivity index (χ0) is 25.8. The minimum Gasteiger partial charge on any atom is -0.482 e. The monoisotopic (exact) mass is 508 g/mol. The zero-order valence-corrected chi connectivity index (χ0v) is 21.1. The van der Waals surface area contributed by atoms with Crippen LogP contribution in [0.1, 0.15) is 57.9 Å². The molecular weight excluding hydrogens is 475 g/mol. The normalized spacial score (nSPS) is 16.6. The molecule has 5 rings (SSSR count). The molecule has 1 atom stereocenters. The summed E-state index contributed by atoms with van der Waals surface area (Å²) < 4.78 is 25.6. The lowest BCUT2D eigenvalue weighted by atomic mass is 9.82. The second-order valence-electron chi connectivity index (χ2n) is 10.1. The van der Waals surface area contributed by atoms with Crippen LogP contribution in [0.15, 0.2) is 41.3 Å². The largest absolute Gasteiger partial charge is 0.482 e. The number of pyridine rings is 1. The Labute approximate surface area is 215 Å². The summed E-state index contributed by atoms with van der Waals surface area (Å²) in [6.45, 7) is 3.70. The van der Waals surface area contributed by atoms with Crippen LogP contribution in [-0.2, 0) is 26.0 Å². The first-order chi connectivity index (χ1) is 17.9. The maximum atomic E-state index is 14.7. The molecule has 1 aliphatic carbocycles. The van der Waals surface area contributed by atoms with E-state index in [1.807, 2.05) is 13.0 Å². The second kappa shape index (κ2) is 11.4. The number of halogens is 1. The maximum absolute atomic E-state index is 14.7. The lowest BCUT2D eigenvalue weighted by molar-refractivity contribution is 0.0841. The van der Waals surface area contributed by atoms with Crippen LogP contribution < -0.4 is 10.1 Å². The first-order valence-corrected chi connectivity index (χ1v) is 12.9. The molecule has 0 saturated heterocycles. The van der Waals surface area contributed by atoms with Crippen molar-refractivity contribution in [3.63, 3.8) is 0 Å². The Bertz CT molecular complexity index is 1240. The average Bonchev–Trinajstić information content (AvgIpc) is 3.28. The van der Waals surface area contributed by atoms with Crippen LogP contribution in [0, 0.1) is 18.7 Å². The van der Waals surface area contributed by atoms with Gasteiger partial charge in [0.1, 0.15) is 6.61 Å². The topological polar surface area (TPSA) is 101 Å². The van der Waals surface area contributed by atoms with Crippen LogP contribution in [0.25, 0.3) is 0 Å². The van der Waals surface area contributed by atoms with Crippen LogP contribution >= 0.6 is 0 Å². The lowest BCUT2D eigenvalue weighted by Crippen LogP contribution is -2.42. The summed E-state index contributed by atoms with van der Waals surface area (Å²) in [5.74, 6) is 0.800. The van der Waals surface area contributed by atoms with Crippen LogP contribution in [0.2, 0.25) is 0 Å². The summed E-state index contributed by atoms with van der Waals surface area (Å²) in [5, 5.41) is 13.4. The number of rotatable bonds is 10. The molecule has 1 fully saturated rings. The van der Waals surface area contributed by atoms with Gasteiger partial charge < -0.3 is 19.6 Å². The fraction of sp³-hybridized carbons (Fsp3) is 0.464. The molecule has 196 valence electrons. The van der Waals surface area contributed by atoms with Gasteiger partial charge in [-0.05, 0) is 61.1 Å². The number of β-amino-alcohol motifs (C(OH)–C–C–N with tert-alkyl or cyclic N) is 1. The van der Waals surface area contributed by atoms with Gasteiger partial charge in [-0.15, -0.1) is 0 Å².